The zero-order valence-corrected chi connectivity index (χ0v) is 12.2. The predicted octanol–water partition coefficient (Wildman–Crippen LogP) is 5.07. The summed E-state index contributed by atoms with van der Waals surface area (Å²) >= 11 is 0. The normalized spacial score (nSPS) is 29.8. The van der Waals surface area contributed by atoms with Crippen LogP contribution in [0.2, 0.25) is 0 Å². The smallest absolute Gasteiger partial charge is 0.132 e. The van der Waals surface area contributed by atoms with E-state index in [1.807, 2.05) is 0 Å². The molecule has 1 nitrogen and oxygen atoms in total. The summed E-state index contributed by atoms with van der Waals surface area (Å²) in [6, 6.07) is 0. The van der Waals surface area contributed by atoms with Crippen molar-refractivity contribution in [2.24, 2.45) is 17.8 Å². The zero-order chi connectivity index (χ0) is 13.5. The zero-order valence-electron chi connectivity index (χ0n) is 12.2. The molecule has 0 aromatic rings. The highest BCUT2D eigenvalue weighted by Gasteiger charge is 2.18. The summed E-state index contributed by atoms with van der Waals surface area (Å²) in [5.74, 6) is 2.86. The fourth-order valence-electron chi connectivity index (χ4n) is 3.49. The summed E-state index contributed by atoms with van der Waals surface area (Å²) in [6.45, 7) is 3.91. The standard InChI is InChI=1S/C18H28O/c1-2-15-7-9-16(10-8-15)5-3-4-6-17-11-13-18(19)14-12-17/h2,4,6,15-17H,1,3,5,7-14H2/t15-,16-. The lowest BCUT2D eigenvalue weighted by Crippen LogP contribution is -2.13. The van der Waals surface area contributed by atoms with E-state index in [1.54, 1.807) is 0 Å². The van der Waals surface area contributed by atoms with Crippen molar-refractivity contribution in [3.63, 3.8) is 0 Å². The van der Waals surface area contributed by atoms with Gasteiger partial charge in [0.15, 0.2) is 0 Å². The second kappa shape index (κ2) is 7.67. The maximum absolute atomic E-state index is 11.2. The Kier molecular flexibility index (Phi) is 5.88. The topological polar surface area (TPSA) is 17.1 Å². The van der Waals surface area contributed by atoms with Crippen LogP contribution in [0, 0.1) is 17.8 Å². The van der Waals surface area contributed by atoms with Gasteiger partial charge in [0, 0.05) is 12.8 Å². The summed E-state index contributed by atoms with van der Waals surface area (Å²) in [5, 5.41) is 0. The van der Waals surface area contributed by atoms with Crippen LogP contribution in [0.3, 0.4) is 0 Å². The lowest BCUT2D eigenvalue weighted by Gasteiger charge is -2.26. The Bertz CT molecular complexity index is 311. The molecule has 2 aliphatic rings. The monoisotopic (exact) mass is 260 g/mol. The molecule has 0 amide bonds. The molecule has 0 radical (unpaired) electrons. The summed E-state index contributed by atoms with van der Waals surface area (Å²) in [4.78, 5) is 11.2. The highest BCUT2D eigenvalue weighted by Crippen LogP contribution is 2.32. The molecule has 0 heterocycles. The van der Waals surface area contributed by atoms with Gasteiger partial charge in [-0.1, -0.05) is 18.2 Å². The summed E-state index contributed by atoms with van der Waals surface area (Å²) in [5.41, 5.74) is 0. The third-order valence-corrected chi connectivity index (χ3v) is 4.96. The van der Waals surface area contributed by atoms with Gasteiger partial charge in [0.25, 0.3) is 0 Å². The quantitative estimate of drug-likeness (QED) is 0.630. The van der Waals surface area contributed by atoms with Crippen LogP contribution in [0.15, 0.2) is 24.8 Å². The molecule has 2 fully saturated rings. The SMILES string of the molecule is C=C[C@H]1CC[C@H](CCC=CC2CCC(=O)CC2)CC1. The fourth-order valence-corrected chi connectivity index (χ4v) is 3.49. The molecular weight excluding hydrogens is 232 g/mol. The van der Waals surface area contributed by atoms with E-state index in [0.717, 1.165) is 37.5 Å². The van der Waals surface area contributed by atoms with Gasteiger partial charge in [0.1, 0.15) is 5.78 Å². The average molecular weight is 260 g/mol. The number of Topliss-reactive ketones (excluding diaryl/α,β-unsaturated/α-hetero) is 1. The Hall–Kier alpha value is -0.850. The van der Waals surface area contributed by atoms with Gasteiger partial charge in [-0.05, 0) is 69.1 Å². The molecule has 19 heavy (non-hydrogen) atoms. The molecule has 0 spiro atoms. The van der Waals surface area contributed by atoms with Gasteiger partial charge in [-0.25, -0.2) is 0 Å². The van der Waals surface area contributed by atoms with Crippen LogP contribution in [0.25, 0.3) is 0 Å². The number of rotatable bonds is 5. The van der Waals surface area contributed by atoms with Gasteiger partial charge >= 0.3 is 0 Å². The van der Waals surface area contributed by atoms with Crippen LogP contribution in [0.5, 0.6) is 0 Å². The number of hydrogen-bond donors (Lipinski definition) is 0. The van der Waals surface area contributed by atoms with Crippen LogP contribution in [0.1, 0.15) is 64.2 Å². The largest absolute Gasteiger partial charge is 0.300 e. The first-order valence-electron chi connectivity index (χ1n) is 8.09. The Balaban J connectivity index is 1.59. The van der Waals surface area contributed by atoms with E-state index < -0.39 is 0 Å². The highest BCUT2D eigenvalue weighted by atomic mass is 16.1. The average Bonchev–Trinajstić information content (AvgIpc) is 2.46. The Labute approximate surface area is 118 Å². The van der Waals surface area contributed by atoms with E-state index in [1.165, 1.54) is 38.5 Å². The van der Waals surface area contributed by atoms with Crippen molar-refractivity contribution in [2.75, 3.05) is 0 Å². The first-order chi connectivity index (χ1) is 9.28. The minimum atomic E-state index is 0.462. The van der Waals surface area contributed by atoms with Crippen molar-refractivity contribution in [1.29, 1.82) is 0 Å². The predicted molar refractivity (Wildman–Crippen MR) is 81.0 cm³/mol. The minimum Gasteiger partial charge on any atom is -0.300 e. The van der Waals surface area contributed by atoms with Crippen molar-refractivity contribution in [2.45, 2.75) is 64.2 Å². The first-order valence-corrected chi connectivity index (χ1v) is 8.09. The molecule has 2 rings (SSSR count). The van der Waals surface area contributed by atoms with Gasteiger partial charge in [0.2, 0.25) is 0 Å². The molecule has 0 saturated heterocycles. The van der Waals surface area contributed by atoms with Gasteiger partial charge in [-0.3, -0.25) is 4.79 Å². The molecule has 0 atom stereocenters. The maximum Gasteiger partial charge on any atom is 0.132 e. The first kappa shape index (κ1) is 14.6. The third kappa shape index (κ3) is 4.97. The Morgan fingerprint density at radius 1 is 1.00 bits per heavy atom. The molecule has 0 N–H and O–H groups in total. The highest BCUT2D eigenvalue weighted by molar-refractivity contribution is 5.79. The van der Waals surface area contributed by atoms with E-state index in [0.29, 0.717) is 11.7 Å². The van der Waals surface area contributed by atoms with Crippen LogP contribution in [-0.2, 0) is 4.79 Å². The van der Waals surface area contributed by atoms with Crippen molar-refractivity contribution >= 4 is 5.78 Å². The summed E-state index contributed by atoms with van der Waals surface area (Å²) in [7, 11) is 0. The minimum absolute atomic E-state index is 0.462. The van der Waals surface area contributed by atoms with Crippen LogP contribution in [0.4, 0.5) is 0 Å². The molecule has 0 aromatic carbocycles. The van der Waals surface area contributed by atoms with E-state index in [2.05, 4.69) is 24.8 Å². The fraction of sp³-hybridized carbons (Fsp3) is 0.722. The van der Waals surface area contributed by atoms with Gasteiger partial charge in [-0.15, -0.1) is 6.58 Å². The molecule has 2 aliphatic carbocycles. The van der Waals surface area contributed by atoms with Crippen LogP contribution < -0.4 is 0 Å². The molecule has 0 bridgehead atoms. The number of allylic oxidation sites excluding steroid dienone is 3. The van der Waals surface area contributed by atoms with Gasteiger partial charge in [-0.2, -0.15) is 0 Å². The Morgan fingerprint density at radius 3 is 2.32 bits per heavy atom. The van der Waals surface area contributed by atoms with Crippen LogP contribution >= 0.6 is 0 Å². The second-order valence-corrected chi connectivity index (χ2v) is 6.40. The van der Waals surface area contributed by atoms with Crippen molar-refractivity contribution < 1.29 is 4.79 Å². The molecule has 106 valence electrons. The van der Waals surface area contributed by atoms with Crippen molar-refractivity contribution in [3.8, 4) is 0 Å². The van der Waals surface area contributed by atoms with Gasteiger partial charge in [0.05, 0.1) is 0 Å². The molecule has 0 aromatic heterocycles. The molecular formula is C18H28O. The van der Waals surface area contributed by atoms with Crippen LogP contribution in [-0.4, -0.2) is 5.78 Å². The van der Waals surface area contributed by atoms with E-state index in [9.17, 15) is 4.79 Å². The molecule has 0 unspecified atom stereocenters. The van der Waals surface area contributed by atoms with Gasteiger partial charge < -0.3 is 0 Å². The Morgan fingerprint density at radius 2 is 1.68 bits per heavy atom. The summed E-state index contributed by atoms with van der Waals surface area (Å²) in [6.07, 6.45) is 18.7. The molecule has 1 heteroatoms. The maximum atomic E-state index is 11.2. The second-order valence-electron chi connectivity index (χ2n) is 6.40. The van der Waals surface area contributed by atoms with E-state index in [-0.39, 0.29) is 0 Å². The summed E-state index contributed by atoms with van der Waals surface area (Å²) < 4.78 is 0. The lowest BCUT2D eigenvalue weighted by molar-refractivity contribution is -0.120. The molecule has 0 aliphatic heterocycles. The third-order valence-electron chi connectivity index (χ3n) is 4.96. The van der Waals surface area contributed by atoms with E-state index >= 15 is 0 Å². The van der Waals surface area contributed by atoms with Crippen molar-refractivity contribution in [3.05, 3.63) is 24.8 Å². The molecule has 2 saturated carbocycles. The number of hydrogen-bond acceptors (Lipinski definition) is 1. The number of carbonyl (C=O) groups is 1. The van der Waals surface area contributed by atoms with Crippen molar-refractivity contribution in [1.82, 2.24) is 0 Å². The van der Waals surface area contributed by atoms with E-state index in [4.69, 9.17) is 0 Å². The number of carbonyl (C=O) groups excluding carboxylic acids is 1. The number of ketones is 1. The lowest BCUT2D eigenvalue weighted by atomic mass is 9.80.